The zero-order valence-electron chi connectivity index (χ0n) is 23.4. The van der Waals surface area contributed by atoms with E-state index in [9.17, 15) is 0 Å². The molecule has 2 heteroatoms. The number of allylic oxidation sites excluding steroid dienone is 5. The number of hydrogen-bond acceptors (Lipinski definition) is 2. The van der Waals surface area contributed by atoms with Crippen LogP contribution in [0.2, 0.25) is 0 Å². The van der Waals surface area contributed by atoms with E-state index in [1.165, 1.54) is 27.8 Å². The minimum absolute atomic E-state index is 0.484. The zero-order chi connectivity index (χ0) is 27.5. The lowest BCUT2D eigenvalue weighted by Gasteiger charge is -2.18. The smallest absolute Gasteiger partial charge is 0.0652 e. The minimum Gasteiger partial charge on any atom is -0.234 e. The number of rotatable bonds is 10. The highest BCUT2D eigenvalue weighted by atomic mass is 15.5. The summed E-state index contributed by atoms with van der Waals surface area (Å²) in [6.45, 7) is 8.96. The molecule has 196 valence electrons. The number of hydrogen-bond donors (Lipinski definition) is 0. The molecule has 0 fully saturated rings. The fraction of sp³-hybridized carbons (Fsp3) is 0.162. The van der Waals surface area contributed by atoms with Crippen LogP contribution in [0.3, 0.4) is 0 Å². The molecule has 4 rings (SSSR count). The average Bonchev–Trinajstić information content (AvgIpc) is 2.97. The monoisotopic (exact) mass is 510 g/mol. The highest BCUT2D eigenvalue weighted by Crippen LogP contribution is 2.29. The van der Waals surface area contributed by atoms with Crippen LogP contribution in [0.5, 0.6) is 0 Å². The molecule has 4 aromatic rings. The van der Waals surface area contributed by atoms with Gasteiger partial charge in [0.05, 0.1) is 11.4 Å². The zero-order valence-corrected chi connectivity index (χ0v) is 23.4. The third kappa shape index (κ3) is 7.78. The molecule has 0 aliphatic rings. The quantitative estimate of drug-likeness (QED) is 0.118. The van der Waals surface area contributed by atoms with Gasteiger partial charge in [0.1, 0.15) is 0 Å². The molecule has 0 amide bonds. The van der Waals surface area contributed by atoms with Crippen molar-refractivity contribution < 1.29 is 0 Å². The maximum atomic E-state index is 4.72. The third-order valence-corrected chi connectivity index (χ3v) is 6.59. The number of para-hydroxylation sites is 2. The van der Waals surface area contributed by atoms with Crippen molar-refractivity contribution in [3.05, 3.63) is 162 Å². The molecule has 39 heavy (non-hydrogen) atoms. The van der Waals surface area contributed by atoms with Gasteiger partial charge in [-0.1, -0.05) is 137 Å². The van der Waals surface area contributed by atoms with E-state index in [1.807, 2.05) is 59.8 Å². The van der Waals surface area contributed by atoms with Crippen LogP contribution in [0.15, 0.2) is 145 Å². The molecule has 0 spiro atoms. The molecule has 0 saturated carbocycles. The first-order valence-corrected chi connectivity index (χ1v) is 13.7. The molecule has 0 N–H and O–H groups in total. The van der Waals surface area contributed by atoms with Gasteiger partial charge in [0.25, 0.3) is 0 Å². The summed E-state index contributed by atoms with van der Waals surface area (Å²) in [6.07, 6.45) is 12.2. The minimum atomic E-state index is 0.484. The first kappa shape index (κ1) is 27.6. The summed E-state index contributed by atoms with van der Waals surface area (Å²) < 4.78 is 0. The first-order valence-electron chi connectivity index (χ1n) is 13.7. The summed E-state index contributed by atoms with van der Waals surface area (Å²) in [4.78, 5) is 0. The van der Waals surface area contributed by atoms with Gasteiger partial charge >= 0.3 is 0 Å². The maximum Gasteiger partial charge on any atom is 0.0652 e. The lowest BCUT2D eigenvalue weighted by atomic mass is 9.91. The topological polar surface area (TPSA) is 15.6 Å². The molecule has 2 nitrogen and oxygen atoms in total. The molecular weight excluding hydrogens is 472 g/mol. The second kappa shape index (κ2) is 13.9. The van der Waals surface area contributed by atoms with Crippen LogP contribution in [0, 0.1) is 0 Å². The van der Waals surface area contributed by atoms with Crippen molar-refractivity contribution in [2.45, 2.75) is 39.5 Å². The van der Waals surface area contributed by atoms with Crippen molar-refractivity contribution in [3.63, 3.8) is 0 Å². The van der Waals surface area contributed by atoms with Crippen LogP contribution in [-0.4, -0.2) is 6.21 Å². The van der Waals surface area contributed by atoms with Crippen LogP contribution >= 0.6 is 0 Å². The van der Waals surface area contributed by atoms with Gasteiger partial charge in [0.15, 0.2) is 0 Å². The molecule has 0 aliphatic heterocycles. The lowest BCUT2D eigenvalue weighted by molar-refractivity contribution is 0.865. The third-order valence-electron chi connectivity index (χ3n) is 6.59. The van der Waals surface area contributed by atoms with Gasteiger partial charge in [-0.3, -0.25) is 0 Å². The Morgan fingerprint density at radius 1 is 0.564 bits per heavy atom. The Morgan fingerprint density at radius 2 is 1.05 bits per heavy atom. The van der Waals surface area contributed by atoms with E-state index < -0.39 is 0 Å². The van der Waals surface area contributed by atoms with Gasteiger partial charge in [-0.15, -0.1) is 0 Å². The van der Waals surface area contributed by atoms with Crippen molar-refractivity contribution in [2.75, 3.05) is 5.01 Å². The van der Waals surface area contributed by atoms with E-state index in [2.05, 4.69) is 119 Å². The summed E-state index contributed by atoms with van der Waals surface area (Å²) >= 11 is 0. The van der Waals surface area contributed by atoms with E-state index in [-0.39, 0.29) is 0 Å². The number of nitrogens with zero attached hydrogens (tertiary/aromatic N) is 2. The van der Waals surface area contributed by atoms with E-state index in [0.717, 1.165) is 11.4 Å². The molecule has 0 atom stereocenters. The van der Waals surface area contributed by atoms with Gasteiger partial charge in [0, 0.05) is 6.21 Å². The SMILES string of the molecule is CC(C)c1cccc(C(=CC=CC=CC=NN(c2ccccc2)c2ccccc2)c2cccc(C(C)C)c2)c1. The fourth-order valence-corrected chi connectivity index (χ4v) is 4.35. The Bertz CT molecular complexity index is 1350. The second-order valence-electron chi connectivity index (χ2n) is 10.2. The van der Waals surface area contributed by atoms with Gasteiger partial charge in [-0.25, -0.2) is 5.01 Å². The predicted octanol–water partition coefficient (Wildman–Crippen LogP) is 10.3. The molecule has 0 radical (unpaired) electrons. The molecule has 0 bridgehead atoms. The van der Waals surface area contributed by atoms with Gasteiger partial charge in [0.2, 0.25) is 0 Å². The molecule has 0 heterocycles. The molecule has 0 aromatic heterocycles. The molecule has 0 unspecified atom stereocenters. The Hall–Kier alpha value is -4.43. The highest BCUT2D eigenvalue weighted by Gasteiger charge is 2.09. The van der Waals surface area contributed by atoms with Crippen molar-refractivity contribution in [1.82, 2.24) is 0 Å². The normalized spacial score (nSPS) is 11.7. The van der Waals surface area contributed by atoms with Crippen LogP contribution in [0.25, 0.3) is 5.57 Å². The molecular formula is C37H38N2. The van der Waals surface area contributed by atoms with Crippen LogP contribution in [-0.2, 0) is 0 Å². The summed E-state index contributed by atoms with van der Waals surface area (Å²) in [7, 11) is 0. The lowest BCUT2D eigenvalue weighted by Crippen LogP contribution is -2.08. The van der Waals surface area contributed by atoms with E-state index in [0.29, 0.717) is 11.8 Å². The van der Waals surface area contributed by atoms with E-state index >= 15 is 0 Å². The summed E-state index contributed by atoms with van der Waals surface area (Å²) in [6, 6.07) is 38.2. The number of hydrazone groups is 1. The van der Waals surface area contributed by atoms with Gasteiger partial charge in [-0.05, 0) is 70.0 Å². The van der Waals surface area contributed by atoms with Gasteiger partial charge < -0.3 is 0 Å². The molecule has 4 aromatic carbocycles. The van der Waals surface area contributed by atoms with Crippen LogP contribution in [0.4, 0.5) is 11.4 Å². The highest BCUT2D eigenvalue weighted by molar-refractivity contribution is 5.81. The predicted molar refractivity (Wildman–Crippen MR) is 170 cm³/mol. The van der Waals surface area contributed by atoms with Crippen molar-refractivity contribution in [1.29, 1.82) is 0 Å². The van der Waals surface area contributed by atoms with Gasteiger partial charge in [-0.2, -0.15) is 5.10 Å². The first-order chi connectivity index (χ1) is 19.0. The average molecular weight is 511 g/mol. The van der Waals surface area contributed by atoms with Crippen molar-refractivity contribution in [3.8, 4) is 0 Å². The van der Waals surface area contributed by atoms with E-state index in [1.54, 1.807) is 0 Å². The summed E-state index contributed by atoms with van der Waals surface area (Å²) in [5, 5.41) is 6.66. The Morgan fingerprint density at radius 3 is 1.54 bits per heavy atom. The number of anilines is 2. The standard InChI is InChI=1S/C37H38N2/c1-29(2)31-17-15-19-33(27-31)37(34-20-16-18-32(28-34)30(3)4)25-13-5-6-14-26-38-39(35-21-9-7-10-22-35)36-23-11-8-12-24-36/h5-30H,1-4H3. The summed E-state index contributed by atoms with van der Waals surface area (Å²) in [5.41, 5.74) is 8.42. The Labute approximate surface area is 234 Å². The second-order valence-corrected chi connectivity index (χ2v) is 10.2. The van der Waals surface area contributed by atoms with Crippen molar-refractivity contribution >= 4 is 23.2 Å². The van der Waals surface area contributed by atoms with E-state index in [4.69, 9.17) is 5.10 Å². The number of benzene rings is 4. The molecule has 0 saturated heterocycles. The van der Waals surface area contributed by atoms with Crippen LogP contribution < -0.4 is 5.01 Å². The fourth-order valence-electron chi connectivity index (χ4n) is 4.35. The Kier molecular flexibility index (Phi) is 9.85. The summed E-state index contributed by atoms with van der Waals surface area (Å²) in [5.74, 6) is 0.967. The Balaban J connectivity index is 1.57. The van der Waals surface area contributed by atoms with Crippen LogP contribution in [0.1, 0.15) is 61.8 Å². The largest absolute Gasteiger partial charge is 0.234 e. The molecule has 0 aliphatic carbocycles. The maximum absolute atomic E-state index is 4.72. The van der Waals surface area contributed by atoms with Crippen molar-refractivity contribution in [2.24, 2.45) is 5.10 Å².